The van der Waals surface area contributed by atoms with E-state index in [0.29, 0.717) is 5.57 Å². The molecular formula is C29H22Cl2F2N2O7. The number of carboxylic acid groups (broad SMARTS) is 1. The van der Waals surface area contributed by atoms with E-state index in [4.69, 9.17) is 28.3 Å². The number of benzene rings is 2. The van der Waals surface area contributed by atoms with Gasteiger partial charge in [-0.1, -0.05) is 23.8 Å². The molecule has 1 saturated carbocycles. The summed E-state index contributed by atoms with van der Waals surface area (Å²) in [5.41, 5.74) is 0.155. The topological polar surface area (TPSA) is 132 Å². The maximum Gasteiger partial charge on any atom is 0.305 e. The van der Waals surface area contributed by atoms with Crippen molar-refractivity contribution < 1.29 is 43.0 Å². The van der Waals surface area contributed by atoms with E-state index in [1.165, 1.54) is 24.3 Å². The number of imide groups is 2. The van der Waals surface area contributed by atoms with Crippen LogP contribution in [0.3, 0.4) is 0 Å². The summed E-state index contributed by atoms with van der Waals surface area (Å²) in [6.07, 6.45) is 0.784. The zero-order valence-electron chi connectivity index (χ0n) is 21.6. The summed E-state index contributed by atoms with van der Waals surface area (Å²) in [6.45, 7) is -0.350. The van der Waals surface area contributed by atoms with Gasteiger partial charge in [-0.15, -0.1) is 23.2 Å². The molecule has 4 amide bonds. The lowest BCUT2D eigenvalue weighted by Gasteiger charge is -2.50. The van der Waals surface area contributed by atoms with Crippen molar-refractivity contribution in [3.05, 3.63) is 71.3 Å². The van der Waals surface area contributed by atoms with Crippen molar-refractivity contribution >= 4 is 58.5 Å². The molecule has 2 aliphatic carbocycles. The first-order chi connectivity index (χ1) is 19.8. The Morgan fingerprint density at radius 3 is 2.33 bits per heavy atom. The summed E-state index contributed by atoms with van der Waals surface area (Å²) >= 11 is 14.3. The SMILES string of the molecule is O=C(O)CCN1C(=O)[C@H]2[C@H](CC=C3[C@H]2C[C@@]2(Cl)C(=O)N(c4ccc(F)cc4)C(=O)[C@@]2(Cl)[C@H]3c2cccc(F)c2O)C1=O. The molecule has 6 rings (SSSR count). The first kappa shape index (κ1) is 28.3. The third kappa shape index (κ3) is 3.69. The van der Waals surface area contributed by atoms with Crippen LogP contribution < -0.4 is 4.90 Å². The Kier molecular flexibility index (Phi) is 6.47. The molecule has 13 heteroatoms. The van der Waals surface area contributed by atoms with E-state index in [9.17, 15) is 37.9 Å². The number of likely N-dealkylation sites (tertiary alicyclic amines) is 1. The number of rotatable bonds is 5. The largest absolute Gasteiger partial charge is 0.505 e. The van der Waals surface area contributed by atoms with Crippen LogP contribution in [0, 0.1) is 29.4 Å². The average molecular weight is 619 g/mol. The summed E-state index contributed by atoms with van der Waals surface area (Å²) in [4.78, 5) is 63.3. The number of alkyl halides is 2. The molecule has 2 saturated heterocycles. The minimum absolute atomic E-state index is 0.0172. The van der Waals surface area contributed by atoms with E-state index in [1.54, 1.807) is 6.08 Å². The van der Waals surface area contributed by atoms with Crippen molar-refractivity contribution in [2.24, 2.45) is 17.8 Å². The Balaban J connectivity index is 1.53. The van der Waals surface area contributed by atoms with Gasteiger partial charge in [-0.05, 0) is 49.1 Å². The molecule has 0 aromatic heterocycles. The molecular weight excluding hydrogens is 597 g/mol. The van der Waals surface area contributed by atoms with Gasteiger partial charge in [0.05, 0.1) is 23.9 Å². The maximum atomic E-state index is 14.7. The number of amides is 4. The van der Waals surface area contributed by atoms with Gasteiger partial charge in [0, 0.05) is 18.0 Å². The summed E-state index contributed by atoms with van der Waals surface area (Å²) in [7, 11) is 0. The average Bonchev–Trinajstić information content (AvgIpc) is 3.27. The van der Waals surface area contributed by atoms with Crippen LogP contribution in [0.1, 0.15) is 30.7 Å². The van der Waals surface area contributed by atoms with E-state index >= 15 is 0 Å². The molecule has 42 heavy (non-hydrogen) atoms. The Morgan fingerprint density at radius 1 is 0.976 bits per heavy atom. The highest BCUT2D eigenvalue weighted by Crippen LogP contribution is 2.66. The van der Waals surface area contributed by atoms with E-state index < -0.39 is 86.8 Å². The second kappa shape index (κ2) is 9.60. The third-order valence-corrected chi connectivity index (χ3v) is 10.3. The fraction of sp³-hybridized carbons (Fsp3) is 0.345. The van der Waals surface area contributed by atoms with E-state index in [0.717, 1.165) is 28.0 Å². The van der Waals surface area contributed by atoms with Gasteiger partial charge < -0.3 is 10.2 Å². The van der Waals surface area contributed by atoms with E-state index in [2.05, 4.69) is 0 Å². The van der Waals surface area contributed by atoms with Crippen LogP contribution in [0.2, 0.25) is 0 Å². The number of carbonyl (C=O) groups is 5. The Labute approximate surface area is 247 Å². The molecule has 3 fully saturated rings. The number of fused-ring (bicyclic) bond motifs is 4. The monoisotopic (exact) mass is 618 g/mol. The van der Waals surface area contributed by atoms with Gasteiger partial charge in [-0.25, -0.2) is 13.7 Å². The number of carbonyl (C=O) groups excluding carboxylic acids is 4. The number of nitrogens with zero attached hydrogens (tertiary/aromatic N) is 2. The van der Waals surface area contributed by atoms with Gasteiger partial charge in [-0.2, -0.15) is 0 Å². The quantitative estimate of drug-likeness (QED) is 0.296. The first-order valence-corrected chi connectivity index (χ1v) is 13.8. The predicted molar refractivity (Wildman–Crippen MR) is 144 cm³/mol. The minimum atomic E-state index is -2.32. The number of para-hydroxylation sites is 1. The highest BCUT2D eigenvalue weighted by atomic mass is 35.5. The van der Waals surface area contributed by atoms with Crippen molar-refractivity contribution in [2.45, 2.75) is 34.9 Å². The number of hydrogen-bond acceptors (Lipinski definition) is 6. The lowest BCUT2D eigenvalue weighted by Crippen LogP contribution is -2.60. The molecule has 2 heterocycles. The number of allylic oxidation sites excluding steroid dienone is 2. The summed E-state index contributed by atoms with van der Waals surface area (Å²) < 4.78 is 28.4. The van der Waals surface area contributed by atoms with Crippen molar-refractivity contribution in [1.82, 2.24) is 4.90 Å². The van der Waals surface area contributed by atoms with Gasteiger partial charge in [0.1, 0.15) is 5.82 Å². The van der Waals surface area contributed by atoms with Crippen molar-refractivity contribution in [2.75, 3.05) is 11.4 Å². The summed E-state index contributed by atoms with van der Waals surface area (Å²) in [6, 6.07) is 8.07. The molecule has 2 aliphatic heterocycles. The number of anilines is 1. The lowest BCUT2D eigenvalue weighted by atomic mass is 9.56. The molecule has 0 spiro atoms. The Morgan fingerprint density at radius 2 is 1.67 bits per heavy atom. The summed E-state index contributed by atoms with van der Waals surface area (Å²) in [5, 5.41) is 19.9. The van der Waals surface area contributed by atoms with E-state index in [-0.39, 0.29) is 30.6 Å². The van der Waals surface area contributed by atoms with Crippen LogP contribution in [0.4, 0.5) is 14.5 Å². The molecule has 4 aliphatic rings. The molecule has 2 aromatic carbocycles. The molecule has 0 bridgehead atoms. The van der Waals surface area contributed by atoms with Crippen LogP contribution >= 0.6 is 23.2 Å². The smallest absolute Gasteiger partial charge is 0.305 e. The van der Waals surface area contributed by atoms with Crippen molar-refractivity contribution in [1.29, 1.82) is 0 Å². The van der Waals surface area contributed by atoms with Crippen molar-refractivity contribution in [3.8, 4) is 5.75 Å². The number of phenols is 1. The Bertz CT molecular complexity index is 1620. The van der Waals surface area contributed by atoms with Crippen LogP contribution in [0.25, 0.3) is 0 Å². The zero-order valence-corrected chi connectivity index (χ0v) is 23.1. The summed E-state index contributed by atoms with van der Waals surface area (Å²) in [5.74, 6) is -11.2. The predicted octanol–water partition coefficient (Wildman–Crippen LogP) is 3.71. The standard InChI is InChI=1S/C29H22Cl2F2N2O7/c30-28-12-18-15(8-9-16-21(18)25(40)34(24(16)39)11-10-20(36)37)22(17-2-1-3-19(33)23(17)38)29(28,31)27(42)35(26(28)41)14-6-4-13(32)5-7-14/h1-8,16,18,21-22,38H,9-12H2,(H,36,37)/t16-,18+,21-,22+,28+,29-/m0/s1. The number of hydrogen-bond donors (Lipinski definition) is 2. The lowest BCUT2D eigenvalue weighted by molar-refractivity contribution is -0.142. The van der Waals surface area contributed by atoms with Gasteiger partial charge in [0.2, 0.25) is 11.8 Å². The molecule has 0 unspecified atom stereocenters. The normalized spacial score (nSPS) is 32.0. The van der Waals surface area contributed by atoms with Crippen LogP contribution in [-0.4, -0.2) is 61.0 Å². The second-order valence-electron chi connectivity index (χ2n) is 10.9. The fourth-order valence-electron chi connectivity index (χ4n) is 7.00. The van der Waals surface area contributed by atoms with Gasteiger partial charge in [-0.3, -0.25) is 28.9 Å². The number of aliphatic carboxylic acids is 1. The molecule has 0 radical (unpaired) electrons. The Hall–Kier alpha value is -3.83. The van der Waals surface area contributed by atoms with Gasteiger partial charge in [0.25, 0.3) is 11.8 Å². The molecule has 6 atom stereocenters. The molecule has 218 valence electrons. The van der Waals surface area contributed by atoms with Crippen molar-refractivity contribution in [3.63, 3.8) is 0 Å². The molecule has 2 N–H and O–H groups in total. The molecule has 2 aromatic rings. The van der Waals surface area contributed by atoms with Crippen LogP contribution in [0.5, 0.6) is 5.75 Å². The third-order valence-electron chi connectivity index (χ3n) is 8.87. The number of carboxylic acids is 1. The first-order valence-electron chi connectivity index (χ1n) is 13.1. The number of phenolic OH excluding ortho intramolecular Hbond substituents is 1. The van der Waals surface area contributed by atoms with Crippen LogP contribution in [-0.2, 0) is 24.0 Å². The molecule has 9 nitrogen and oxygen atoms in total. The number of halogens is 4. The highest BCUT2D eigenvalue weighted by Gasteiger charge is 2.76. The van der Waals surface area contributed by atoms with E-state index in [1.807, 2.05) is 0 Å². The second-order valence-corrected chi connectivity index (χ2v) is 12.1. The maximum absolute atomic E-state index is 14.7. The van der Waals surface area contributed by atoms with Gasteiger partial charge >= 0.3 is 5.97 Å². The zero-order chi connectivity index (χ0) is 30.3. The minimum Gasteiger partial charge on any atom is -0.505 e. The number of aromatic hydroxyl groups is 1. The highest BCUT2D eigenvalue weighted by molar-refractivity contribution is 6.58. The van der Waals surface area contributed by atoms with Crippen LogP contribution in [0.15, 0.2) is 54.1 Å². The van der Waals surface area contributed by atoms with Gasteiger partial charge in [0.15, 0.2) is 21.3 Å². The fourth-order valence-corrected chi connectivity index (χ4v) is 7.93.